The molecule has 0 fully saturated rings. The molecule has 1 atom stereocenters. The molecular formula is C25H24N4O5. The predicted octanol–water partition coefficient (Wildman–Crippen LogP) is 2.96. The zero-order valence-corrected chi connectivity index (χ0v) is 18.7. The lowest BCUT2D eigenvalue weighted by Crippen LogP contribution is -2.29. The molecule has 1 aromatic heterocycles. The number of H-pyrrole nitrogens is 1. The van der Waals surface area contributed by atoms with E-state index in [1.807, 2.05) is 48.5 Å². The van der Waals surface area contributed by atoms with Crippen LogP contribution in [0.5, 0.6) is 17.2 Å². The van der Waals surface area contributed by atoms with Crippen molar-refractivity contribution in [3.63, 3.8) is 0 Å². The fourth-order valence-corrected chi connectivity index (χ4v) is 3.65. The van der Waals surface area contributed by atoms with E-state index >= 15 is 0 Å². The lowest BCUT2D eigenvalue weighted by Gasteiger charge is -2.21. The molecule has 0 spiro atoms. The molecule has 2 amide bonds. The highest BCUT2D eigenvalue weighted by molar-refractivity contribution is 5.96. The molecule has 0 aliphatic heterocycles. The number of benzene rings is 3. The van der Waals surface area contributed by atoms with Gasteiger partial charge in [0.2, 0.25) is 5.75 Å². The summed E-state index contributed by atoms with van der Waals surface area (Å²) in [7, 11) is 2.86. The third kappa shape index (κ3) is 4.78. The molecule has 0 saturated carbocycles. The number of fused-ring (bicyclic) bond motifs is 1. The van der Waals surface area contributed by atoms with Crippen molar-refractivity contribution in [3.05, 3.63) is 83.7 Å². The van der Waals surface area contributed by atoms with E-state index in [1.165, 1.54) is 26.4 Å². The Balaban J connectivity index is 1.69. The van der Waals surface area contributed by atoms with Crippen molar-refractivity contribution in [1.29, 1.82) is 0 Å². The van der Waals surface area contributed by atoms with Crippen LogP contribution in [0, 0.1) is 0 Å². The average molecular weight is 460 g/mol. The van der Waals surface area contributed by atoms with E-state index in [9.17, 15) is 9.59 Å². The Morgan fingerprint density at radius 1 is 1.00 bits per heavy atom. The maximum atomic E-state index is 13.4. The number of carbonyl (C=O) groups excluding carboxylic acids is 2. The number of nitrogens with two attached hydrogens (primary N) is 1. The standard InChI is InChI=1S/C25H24N4O5/c1-32-20-11-17(12-21(33-2)24(20)34-13-22(26)30)25(31)29-23(15-6-4-3-5-7-15)16-8-9-18-19(10-16)28-14-27-18/h3-12,14,23H,13H2,1-2H3,(H2,26,30)(H,27,28)(H,29,31). The van der Waals surface area contributed by atoms with Gasteiger partial charge in [0, 0.05) is 5.56 Å². The summed E-state index contributed by atoms with van der Waals surface area (Å²) in [6.45, 7) is -0.357. The van der Waals surface area contributed by atoms with Crippen LogP contribution >= 0.6 is 0 Å². The normalized spacial score (nSPS) is 11.6. The molecular weight excluding hydrogens is 436 g/mol. The third-order valence-corrected chi connectivity index (χ3v) is 5.27. The van der Waals surface area contributed by atoms with Gasteiger partial charge in [-0.15, -0.1) is 0 Å². The molecule has 1 unspecified atom stereocenters. The monoisotopic (exact) mass is 460 g/mol. The highest BCUT2D eigenvalue weighted by atomic mass is 16.5. The van der Waals surface area contributed by atoms with Crippen molar-refractivity contribution in [2.45, 2.75) is 6.04 Å². The van der Waals surface area contributed by atoms with Crippen LogP contribution in [0.4, 0.5) is 0 Å². The summed E-state index contributed by atoms with van der Waals surface area (Å²) in [5.41, 5.74) is 8.98. The fraction of sp³-hybridized carbons (Fsp3) is 0.160. The van der Waals surface area contributed by atoms with Crippen LogP contribution < -0.4 is 25.3 Å². The van der Waals surface area contributed by atoms with Crippen molar-refractivity contribution in [2.75, 3.05) is 20.8 Å². The molecule has 3 aromatic carbocycles. The fourth-order valence-electron chi connectivity index (χ4n) is 3.65. The largest absolute Gasteiger partial charge is 0.493 e. The molecule has 1 heterocycles. The molecule has 4 N–H and O–H groups in total. The lowest BCUT2D eigenvalue weighted by molar-refractivity contribution is -0.120. The maximum Gasteiger partial charge on any atom is 0.255 e. The first-order valence-electron chi connectivity index (χ1n) is 10.5. The lowest BCUT2D eigenvalue weighted by atomic mass is 9.97. The number of hydrogen-bond donors (Lipinski definition) is 3. The highest BCUT2D eigenvalue weighted by Gasteiger charge is 2.22. The molecule has 4 rings (SSSR count). The number of aromatic amines is 1. The van der Waals surface area contributed by atoms with E-state index in [0.29, 0.717) is 5.56 Å². The van der Waals surface area contributed by atoms with Crippen LogP contribution in [-0.2, 0) is 4.79 Å². The van der Waals surface area contributed by atoms with Gasteiger partial charge in [0.1, 0.15) is 0 Å². The zero-order valence-electron chi connectivity index (χ0n) is 18.7. The quantitative estimate of drug-likeness (QED) is 0.352. The van der Waals surface area contributed by atoms with Crippen LogP contribution in [0.15, 0.2) is 67.0 Å². The van der Waals surface area contributed by atoms with Gasteiger partial charge in [-0.1, -0.05) is 36.4 Å². The van der Waals surface area contributed by atoms with Gasteiger partial charge < -0.3 is 30.2 Å². The number of carbonyl (C=O) groups is 2. The number of nitrogens with zero attached hydrogens (tertiary/aromatic N) is 1. The summed E-state index contributed by atoms with van der Waals surface area (Å²) in [6.07, 6.45) is 1.63. The number of nitrogens with one attached hydrogen (secondary N) is 2. The predicted molar refractivity (Wildman–Crippen MR) is 126 cm³/mol. The zero-order chi connectivity index (χ0) is 24.1. The first kappa shape index (κ1) is 22.7. The van der Waals surface area contributed by atoms with Crippen molar-refractivity contribution in [1.82, 2.24) is 15.3 Å². The Labute approximate surface area is 195 Å². The number of amides is 2. The van der Waals surface area contributed by atoms with Crippen molar-refractivity contribution < 1.29 is 23.8 Å². The van der Waals surface area contributed by atoms with Crippen molar-refractivity contribution in [3.8, 4) is 17.2 Å². The Bertz CT molecular complexity index is 1290. The second-order valence-corrected chi connectivity index (χ2v) is 7.46. The molecule has 0 bridgehead atoms. The van der Waals surface area contributed by atoms with Crippen molar-refractivity contribution in [2.24, 2.45) is 5.73 Å². The second kappa shape index (κ2) is 9.95. The van der Waals surface area contributed by atoms with E-state index in [-0.39, 0.29) is 29.8 Å². The minimum atomic E-state index is -0.647. The SMILES string of the molecule is COc1cc(C(=O)NC(c2ccccc2)c2ccc3nc[nH]c3c2)cc(OC)c1OCC(N)=O. The number of hydrogen-bond acceptors (Lipinski definition) is 6. The summed E-state index contributed by atoms with van der Waals surface area (Å²) < 4.78 is 16.2. The van der Waals surface area contributed by atoms with Gasteiger partial charge in [0.05, 0.1) is 37.6 Å². The molecule has 0 aliphatic carbocycles. The molecule has 0 aliphatic rings. The number of aromatic nitrogens is 2. The van der Waals surface area contributed by atoms with Gasteiger partial charge in [-0.25, -0.2) is 4.98 Å². The summed E-state index contributed by atoms with van der Waals surface area (Å²) >= 11 is 0. The number of rotatable bonds is 9. The number of methoxy groups -OCH3 is 2. The smallest absolute Gasteiger partial charge is 0.255 e. The maximum absolute atomic E-state index is 13.4. The molecule has 9 heteroatoms. The van der Waals surface area contributed by atoms with E-state index in [4.69, 9.17) is 19.9 Å². The summed E-state index contributed by atoms with van der Waals surface area (Å²) in [4.78, 5) is 31.9. The first-order valence-corrected chi connectivity index (χ1v) is 10.5. The van der Waals surface area contributed by atoms with Crippen LogP contribution in [0.3, 0.4) is 0 Å². The van der Waals surface area contributed by atoms with Gasteiger partial charge in [0.25, 0.3) is 11.8 Å². The first-order chi connectivity index (χ1) is 16.5. The van der Waals surface area contributed by atoms with Gasteiger partial charge in [-0.2, -0.15) is 0 Å². The van der Waals surface area contributed by atoms with Crippen LogP contribution in [0.1, 0.15) is 27.5 Å². The van der Waals surface area contributed by atoms with Crippen LogP contribution in [0.25, 0.3) is 11.0 Å². The number of ether oxygens (including phenoxy) is 3. The average Bonchev–Trinajstić information content (AvgIpc) is 3.33. The Morgan fingerprint density at radius 3 is 2.35 bits per heavy atom. The van der Waals surface area contributed by atoms with E-state index in [2.05, 4.69) is 15.3 Å². The van der Waals surface area contributed by atoms with E-state index < -0.39 is 11.9 Å². The third-order valence-electron chi connectivity index (χ3n) is 5.27. The van der Waals surface area contributed by atoms with E-state index in [0.717, 1.165) is 22.2 Å². The Kier molecular flexibility index (Phi) is 6.63. The number of primary amides is 1. The van der Waals surface area contributed by atoms with Crippen LogP contribution in [-0.4, -0.2) is 42.6 Å². The molecule has 34 heavy (non-hydrogen) atoms. The molecule has 0 radical (unpaired) electrons. The van der Waals surface area contributed by atoms with Gasteiger partial charge in [0.15, 0.2) is 18.1 Å². The minimum absolute atomic E-state index is 0.185. The van der Waals surface area contributed by atoms with Crippen molar-refractivity contribution >= 4 is 22.8 Å². The Hall–Kier alpha value is -4.53. The number of imidazole rings is 1. The van der Waals surface area contributed by atoms with Gasteiger partial charge in [-0.3, -0.25) is 9.59 Å². The van der Waals surface area contributed by atoms with Gasteiger partial charge >= 0.3 is 0 Å². The van der Waals surface area contributed by atoms with E-state index in [1.54, 1.807) is 6.33 Å². The summed E-state index contributed by atoms with van der Waals surface area (Å²) in [5, 5.41) is 3.10. The van der Waals surface area contributed by atoms with Gasteiger partial charge in [-0.05, 0) is 35.4 Å². The second-order valence-electron chi connectivity index (χ2n) is 7.46. The summed E-state index contributed by atoms with van der Waals surface area (Å²) in [6, 6.07) is 18.1. The van der Waals surface area contributed by atoms with Crippen LogP contribution in [0.2, 0.25) is 0 Å². The summed E-state index contributed by atoms with van der Waals surface area (Å²) in [5.74, 6) is -0.339. The topological polar surface area (TPSA) is 129 Å². The molecule has 0 saturated heterocycles. The molecule has 4 aromatic rings. The molecule has 174 valence electrons. The minimum Gasteiger partial charge on any atom is -0.493 e. The Morgan fingerprint density at radius 2 is 1.71 bits per heavy atom. The molecule has 9 nitrogen and oxygen atoms in total. The highest BCUT2D eigenvalue weighted by Crippen LogP contribution is 2.39.